The molecule has 72 valence electrons. The Morgan fingerprint density at radius 2 is 2.14 bits per heavy atom. The molecule has 0 aliphatic heterocycles. The molecule has 0 bridgehead atoms. The summed E-state index contributed by atoms with van der Waals surface area (Å²) in [4.78, 5) is 30.3. The van der Waals surface area contributed by atoms with Crippen LogP contribution in [0.4, 0.5) is 0 Å². The molecule has 0 spiro atoms. The van der Waals surface area contributed by atoms with Crippen molar-refractivity contribution in [3.63, 3.8) is 0 Å². The number of rotatable bonds is 1. The number of aromatic amines is 2. The molecular weight excluding hydrogens is 186 g/mol. The van der Waals surface area contributed by atoms with E-state index in [9.17, 15) is 9.59 Å². The summed E-state index contributed by atoms with van der Waals surface area (Å²) in [6.07, 6.45) is 1.25. The molecule has 6 heteroatoms. The van der Waals surface area contributed by atoms with Crippen LogP contribution < -0.4 is 11.2 Å². The first-order valence-corrected chi connectivity index (χ1v) is 3.91. The van der Waals surface area contributed by atoms with Gasteiger partial charge in [0.05, 0.1) is 11.4 Å². The predicted octanol–water partition coefficient (Wildman–Crippen LogP) is 0.0266. The Labute approximate surface area is 77.6 Å². The van der Waals surface area contributed by atoms with Gasteiger partial charge in [-0.2, -0.15) is 0 Å². The molecular formula is C8H7N3O3. The van der Waals surface area contributed by atoms with Gasteiger partial charge in [-0.15, -0.1) is 0 Å². The summed E-state index contributed by atoms with van der Waals surface area (Å²) in [5.41, 5.74) is -0.0946. The summed E-state index contributed by atoms with van der Waals surface area (Å²) < 4.78 is 5.03. The Balaban J connectivity index is 2.69. The van der Waals surface area contributed by atoms with Crippen LogP contribution in [0, 0.1) is 6.92 Å². The zero-order valence-electron chi connectivity index (χ0n) is 7.33. The summed E-state index contributed by atoms with van der Waals surface area (Å²) in [7, 11) is 0. The highest BCUT2D eigenvalue weighted by atomic mass is 16.3. The molecule has 0 unspecified atom stereocenters. The van der Waals surface area contributed by atoms with Crippen molar-refractivity contribution in [3.8, 4) is 11.5 Å². The summed E-state index contributed by atoms with van der Waals surface area (Å²) >= 11 is 0. The van der Waals surface area contributed by atoms with Crippen molar-refractivity contribution in [1.82, 2.24) is 15.0 Å². The maximum Gasteiger partial charge on any atom is 0.326 e. The van der Waals surface area contributed by atoms with E-state index in [0.717, 1.165) is 0 Å². The van der Waals surface area contributed by atoms with Gasteiger partial charge >= 0.3 is 5.69 Å². The predicted molar refractivity (Wildman–Crippen MR) is 47.9 cm³/mol. The smallest absolute Gasteiger partial charge is 0.326 e. The van der Waals surface area contributed by atoms with Crippen molar-refractivity contribution in [3.05, 3.63) is 39.0 Å². The lowest BCUT2D eigenvalue weighted by Crippen LogP contribution is -2.21. The van der Waals surface area contributed by atoms with E-state index < -0.39 is 11.2 Å². The van der Waals surface area contributed by atoms with E-state index in [2.05, 4.69) is 15.0 Å². The van der Waals surface area contributed by atoms with Crippen LogP contribution in [0.15, 0.2) is 26.5 Å². The van der Waals surface area contributed by atoms with Gasteiger partial charge in [0.25, 0.3) is 5.56 Å². The highest BCUT2D eigenvalue weighted by Gasteiger charge is 2.08. The fraction of sp³-hybridized carbons (Fsp3) is 0.125. The molecule has 2 rings (SSSR count). The summed E-state index contributed by atoms with van der Waals surface area (Å²) in [6, 6.07) is 1.24. The van der Waals surface area contributed by atoms with E-state index in [1.807, 2.05) is 0 Å². The lowest BCUT2D eigenvalue weighted by Gasteiger charge is -1.95. The van der Waals surface area contributed by atoms with E-state index >= 15 is 0 Å². The molecule has 0 aromatic carbocycles. The number of hydrogen-bond acceptors (Lipinski definition) is 4. The van der Waals surface area contributed by atoms with Gasteiger partial charge in [0, 0.05) is 6.07 Å². The van der Waals surface area contributed by atoms with Crippen LogP contribution in [-0.2, 0) is 0 Å². The van der Waals surface area contributed by atoms with Gasteiger partial charge in [-0.3, -0.25) is 9.78 Å². The first-order valence-electron chi connectivity index (χ1n) is 3.91. The Hall–Kier alpha value is -2.11. The number of aryl methyl sites for hydroxylation is 1. The molecule has 14 heavy (non-hydrogen) atoms. The number of oxazole rings is 1. The Bertz CT molecular complexity index is 535. The van der Waals surface area contributed by atoms with Crippen LogP contribution in [0.1, 0.15) is 5.69 Å². The molecule has 0 saturated heterocycles. The Kier molecular flexibility index (Phi) is 1.81. The van der Waals surface area contributed by atoms with Gasteiger partial charge < -0.3 is 9.40 Å². The van der Waals surface area contributed by atoms with Crippen molar-refractivity contribution >= 4 is 0 Å². The largest absolute Gasteiger partial charge is 0.442 e. The molecule has 0 amide bonds. The number of hydrogen-bond donors (Lipinski definition) is 2. The standard InChI is InChI=1S/C8H7N3O3/c1-4-7(14-3-9-4)5-2-6(12)11-8(13)10-5/h2-3H,1H3,(H2,10,11,12,13). The van der Waals surface area contributed by atoms with Crippen LogP contribution in [-0.4, -0.2) is 15.0 Å². The van der Waals surface area contributed by atoms with Crippen molar-refractivity contribution in [2.45, 2.75) is 6.92 Å². The minimum Gasteiger partial charge on any atom is -0.442 e. The average molecular weight is 193 g/mol. The van der Waals surface area contributed by atoms with Gasteiger partial charge in [-0.25, -0.2) is 9.78 Å². The van der Waals surface area contributed by atoms with E-state index in [4.69, 9.17) is 4.42 Å². The van der Waals surface area contributed by atoms with E-state index in [0.29, 0.717) is 17.1 Å². The third-order valence-electron chi connectivity index (χ3n) is 1.75. The van der Waals surface area contributed by atoms with E-state index in [1.165, 1.54) is 12.5 Å². The highest BCUT2D eigenvalue weighted by molar-refractivity contribution is 5.53. The molecule has 2 N–H and O–H groups in total. The van der Waals surface area contributed by atoms with E-state index in [-0.39, 0.29) is 0 Å². The SMILES string of the molecule is Cc1ncoc1-c1cc(=O)[nH]c(=O)[nH]1. The van der Waals surface area contributed by atoms with Gasteiger partial charge in [0.1, 0.15) is 0 Å². The fourth-order valence-corrected chi connectivity index (χ4v) is 1.15. The molecule has 0 aliphatic carbocycles. The molecule has 2 heterocycles. The molecule has 0 aliphatic rings. The second kappa shape index (κ2) is 2.99. The van der Waals surface area contributed by atoms with Gasteiger partial charge in [-0.1, -0.05) is 0 Å². The number of aromatic nitrogens is 3. The highest BCUT2D eigenvalue weighted by Crippen LogP contribution is 2.16. The van der Waals surface area contributed by atoms with Crippen LogP contribution >= 0.6 is 0 Å². The van der Waals surface area contributed by atoms with E-state index in [1.54, 1.807) is 6.92 Å². The summed E-state index contributed by atoms with van der Waals surface area (Å²) in [6.45, 7) is 1.72. The normalized spacial score (nSPS) is 10.4. The van der Waals surface area contributed by atoms with Crippen LogP contribution in [0.5, 0.6) is 0 Å². The molecule has 0 atom stereocenters. The van der Waals surface area contributed by atoms with Gasteiger partial charge in [-0.05, 0) is 6.92 Å². The third kappa shape index (κ3) is 1.37. The molecule has 0 radical (unpaired) electrons. The lowest BCUT2D eigenvalue weighted by atomic mass is 10.3. The van der Waals surface area contributed by atoms with Crippen LogP contribution in [0.3, 0.4) is 0 Å². The molecule has 0 fully saturated rings. The number of nitrogens with one attached hydrogen (secondary N) is 2. The number of H-pyrrole nitrogens is 2. The second-order valence-corrected chi connectivity index (χ2v) is 2.77. The Morgan fingerprint density at radius 1 is 1.36 bits per heavy atom. The maximum absolute atomic E-state index is 11.0. The van der Waals surface area contributed by atoms with Crippen molar-refractivity contribution < 1.29 is 4.42 Å². The minimum absolute atomic E-state index is 0.328. The van der Waals surface area contributed by atoms with Crippen molar-refractivity contribution in [1.29, 1.82) is 0 Å². The molecule has 6 nitrogen and oxygen atoms in total. The maximum atomic E-state index is 11.0. The Morgan fingerprint density at radius 3 is 2.71 bits per heavy atom. The monoisotopic (exact) mass is 193 g/mol. The average Bonchev–Trinajstić information content (AvgIpc) is 2.49. The summed E-state index contributed by atoms with van der Waals surface area (Å²) in [5.74, 6) is 0.396. The third-order valence-corrected chi connectivity index (χ3v) is 1.75. The lowest BCUT2D eigenvalue weighted by molar-refractivity contribution is 0.568. The van der Waals surface area contributed by atoms with Crippen molar-refractivity contribution in [2.24, 2.45) is 0 Å². The summed E-state index contributed by atoms with van der Waals surface area (Å²) in [5, 5.41) is 0. The zero-order chi connectivity index (χ0) is 10.1. The van der Waals surface area contributed by atoms with Crippen LogP contribution in [0.25, 0.3) is 11.5 Å². The molecule has 2 aromatic heterocycles. The topological polar surface area (TPSA) is 91.8 Å². The second-order valence-electron chi connectivity index (χ2n) is 2.77. The molecule has 2 aromatic rings. The molecule has 0 saturated carbocycles. The van der Waals surface area contributed by atoms with Gasteiger partial charge in [0.2, 0.25) is 0 Å². The quantitative estimate of drug-likeness (QED) is 0.668. The van der Waals surface area contributed by atoms with Crippen molar-refractivity contribution in [2.75, 3.05) is 0 Å². The number of nitrogens with zero attached hydrogens (tertiary/aromatic N) is 1. The fourth-order valence-electron chi connectivity index (χ4n) is 1.15. The minimum atomic E-state index is -0.566. The first kappa shape index (κ1) is 8.49. The first-order chi connectivity index (χ1) is 6.66. The van der Waals surface area contributed by atoms with Gasteiger partial charge in [0.15, 0.2) is 12.2 Å². The van der Waals surface area contributed by atoms with Crippen LogP contribution in [0.2, 0.25) is 0 Å². The zero-order valence-corrected chi connectivity index (χ0v) is 7.33.